The number of nitriles is 1. The standard InChI is InChI=1S/C17H15N3O6S/c1-8(21)11-14(23)20-12(16(24)25)17(27-15(11)20)26-10-4-2-9(3-5-10)13(22)19-7-6-18/h2-5,8,11,15,21H,7H2,1H3,(H,19,22)(H,24,25)/t8-,11+,15-/m1/s1. The molecule has 3 N–H and O–H groups in total. The Morgan fingerprint density at radius 1 is 1.41 bits per heavy atom. The number of thioether (sulfide) groups is 1. The Kier molecular flexibility index (Phi) is 5.07. The van der Waals surface area contributed by atoms with Gasteiger partial charge < -0.3 is 20.3 Å². The summed E-state index contributed by atoms with van der Waals surface area (Å²) in [7, 11) is 0. The molecular weight excluding hydrogens is 374 g/mol. The summed E-state index contributed by atoms with van der Waals surface area (Å²) in [5.41, 5.74) is 0.0556. The third-order valence-corrected chi connectivity index (χ3v) is 5.36. The molecule has 0 saturated carbocycles. The second kappa shape index (κ2) is 7.30. The predicted molar refractivity (Wildman–Crippen MR) is 93.1 cm³/mol. The first-order valence-corrected chi connectivity index (χ1v) is 8.81. The molecule has 0 aromatic heterocycles. The van der Waals surface area contributed by atoms with E-state index in [2.05, 4.69) is 5.32 Å². The molecule has 3 atom stereocenters. The Balaban J connectivity index is 1.77. The van der Waals surface area contributed by atoms with Crippen LogP contribution in [0, 0.1) is 17.2 Å². The van der Waals surface area contributed by atoms with Gasteiger partial charge in [-0.25, -0.2) is 4.79 Å². The maximum Gasteiger partial charge on any atom is 0.357 e. The highest BCUT2D eigenvalue weighted by molar-refractivity contribution is 8.03. The Bertz CT molecular complexity index is 874. The molecule has 2 aliphatic rings. The van der Waals surface area contributed by atoms with Crippen LogP contribution in [0.1, 0.15) is 17.3 Å². The second-order valence-corrected chi connectivity index (χ2v) is 6.98. The van der Waals surface area contributed by atoms with Crippen molar-refractivity contribution in [3.05, 3.63) is 40.6 Å². The molecule has 0 bridgehead atoms. The van der Waals surface area contributed by atoms with Crippen LogP contribution in [0.4, 0.5) is 0 Å². The number of hydrogen-bond acceptors (Lipinski definition) is 7. The van der Waals surface area contributed by atoms with E-state index in [1.54, 1.807) is 6.07 Å². The van der Waals surface area contributed by atoms with Gasteiger partial charge in [0.2, 0.25) is 5.91 Å². The molecule has 140 valence electrons. The van der Waals surface area contributed by atoms with E-state index in [1.165, 1.54) is 31.2 Å². The lowest BCUT2D eigenvalue weighted by Crippen LogP contribution is -2.60. The number of aliphatic hydroxyl groups excluding tert-OH is 1. The van der Waals surface area contributed by atoms with Gasteiger partial charge >= 0.3 is 5.97 Å². The number of fused-ring (bicyclic) bond motifs is 1. The summed E-state index contributed by atoms with van der Waals surface area (Å²) in [6.07, 6.45) is -0.896. The average Bonchev–Trinajstić information content (AvgIpc) is 2.94. The van der Waals surface area contributed by atoms with Crippen LogP contribution < -0.4 is 10.1 Å². The van der Waals surface area contributed by atoms with Gasteiger partial charge in [-0.2, -0.15) is 5.26 Å². The molecule has 2 heterocycles. The van der Waals surface area contributed by atoms with Crippen molar-refractivity contribution in [1.29, 1.82) is 5.26 Å². The zero-order valence-electron chi connectivity index (χ0n) is 14.1. The van der Waals surface area contributed by atoms with Crippen LogP contribution in [0.5, 0.6) is 5.75 Å². The van der Waals surface area contributed by atoms with Crippen molar-refractivity contribution in [3.63, 3.8) is 0 Å². The number of carbonyl (C=O) groups excluding carboxylic acids is 2. The quantitative estimate of drug-likeness (QED) is 0.472. The summed E-state index contributed by atoms with van der Waals surface area (Å²) >= 11 is 1.06. The highest BCUT2D eigenvalue weighted by Gasteiger charge is 2.58. The number of hydrogen-bond donors (Lipinski definition) is 3. The number of nitrogens with zero attached hydrogens (tertiary/aromatic N) is 2. The van der Waals surface area contributed by atoms with Crippen LogP contribution >= 0.6 is 11.8 Å². The lowest BCUT2D eigenvalue weighted by atomic mass is 9.92. The van der Waals surface area contributed by atoms with Crippen LogP contribution in [0.25, 0.3) is 0 Å². The Labute approximate surface area is 158 Å². The number of benzene rings is 1. The molecular formula is C17H15N3O6S. The lowest BCUT2D eigenvalue weighted by Gasteiger charge is -2.43. The summed E-state index contributed by atoms with van der Waals surface area (Å²) in [5, 5.41) is 29.6. The number of β-lactam (4-membered cyclic amide) rings is 1. The summed E-state index contributed by atoms with van der Waals surface area (Å²) in [6.45, 7) is 1.37. The fourth-order valence-electron chi connectivity index (χ4n) is 2.82. The molecule has 1 aromatic rings. The monoisotopic (exact) mass is 389 g/mol. The number of aliphatic carboxylic acids is 1. The van der Waals surface area contributed by atoms with E-state index < -0.39 is 35.2 Å². The lowest BCUT2D eigenvalue weighted by molar-refractivity contribution is -0.156. The molecule has 3 rings (SSSR count). The molecule has 9 nitrogen and oxygen atoms in total. The van der Waals surface area contributed by atoms with Crippen LogP contribution in [-0.2, 0) is 9.59 Å². The second-order valence-electron chi connectivity index (χ2n) is 5.89. The summed E-state index contributed by atoms with van der Waals surface area (Å²) in [5.74, 6) is -2.57. The van der Waals surface area contributed by atoms with Gasteiger partial charge in [-0.3, -0.25) is 14.5 Å². The topological polar surface area (TPSA) is 140 Å². The molecule has 0 spiro atoms. The maximum atomic E-state index is 12.1. The van der Waals surface area contributed by atoms with E-state index >= 15 is 0 Å². The minimum absolute atomic E-state index is 0.0469. The van der Waals surface area contributed by atoms with Crippen molar-refractivity contribution in [2.75, 3.05) is 6.54 Å². The number of carbonyl (C=O) groups is 3. The predicted octanol–water partition coefficient (Wildman–Crippen LogP) is 0.485. The van der Waals surface area contributed by atoms with Gasteiger partial charge in [0.1, 0.15) is 17.7 Å². The smallest absolute Gasteiger partial charge is 0.357 e. The molecule has 10 heteroatoms. The van der Waals surface area contributed by atoms with Crippen molar-refractivity contribution < 1.29 is 29.3 Å². The molecule has 27 heavy (non-hydrogen) atoms. The SMILES string of the molecule is C[C@@H](O)[C@H]1C(=O)N2C(C(=O)O)=C(Oc3ccc(C(=O)NCC#N)cc3)S[C@H]12. The number of carboxylic acid groups (broad SMARTS) is 1. The zero-order valence-corrected chi connectivity index (χ0v) is 14.9. The first-order chi connectivity index (χ1) is 12.8. The minimum atomic E-state index is -1.30. The maximum absolute atomic E-state index is 12.1. The first kappa shape index (κ1) is 18.8. The number of aliphatic hydroxyl groups is 1. The average molecular weight is 389 g/mol. The van der Waals surface area contributed by atoms with Crippen LogP contribution in [0.2, 0.25) is 0 Å². The van der Waals surface area contributed by atoms with Crippen molar-refractivity contribution in [1.82, 2.24) is 10.2 Å². The highest BCUT2D eigenvalue weighted by atomic mass is 32.2. The zero-order chi connectivity index (χ0) is 19.7. The summed E-state index contributed by atoms with van der Waals surface area (Å²) in [4.78, 5) is 36.6. The van der Waals surface area contributed by atoms with Gasteiger partial charge in [0.05, 0.1) is 18.1 Å². The Morgan fingerprint density at radius 2 is 2.07 bits per heavy atom. The molecule has 1 fully saturated rings. The van der Waals surface area contributed by atoms with Gasteiger partial charge in [-0.05, 0) is 31.2 Å². The van der Waals surface area contributed by atoms with E-state index in [0.717, 1.165) is 16.7 Å². The van der Waals surface area contributed by atoms with Crippen molar-refractivity contribution in [2.24, 2.45) is 5.92 Å². The summed E-state index contributed by atoms with van der Waals surface area (Å²) < 4.78 is 5.62. The molecule has 0 radical (unpaired) electrons. The van der Waals surface area contributed by atoms with Gasteiger partial charge in [0, 0.05) is 5.56 Å². The largest absolute Gasteiger partial charge is 0.476 e. The first-order valence-electron chi connectivity index (χ1n) is 7.93. The highest BCUT2D eigenvalue weighted by Crippen LogP contribution is 2.50. The van der Waals surface area contributed by atoms with Crippen LogP contribution in [0.15, 0.2) is 35.1 Å². The van der Waals surface area contributed by atoms with E-state index in [4.69, 9.17) is 10.00 Å². The molecule has 0 aliphatic carbocycles. The number of carboxylic acids is 1. The normalized spacial score (nSPS) is 21.8. The van der Waals surface area contributed by atoms with E-state index in [1.807, 2.05) is 0 Å². The van der Waals surface area contributed by atoms with E-state index in [9.17, 15) is 24.6 Å². The number of rotatable bonds is 6. The molecule has 1 aromatic carbocycles. The molecule has 2 aliphatic heterocycles. The van der Waals surface area contributed by atoms with E-state index in [-0.39, 0.29) is 23.1 Å². The van der Waals surface area contributed by atoms with Crippen LogP contribution in [-0.4, -0.2) is 50.9 Å². The Morgan fingerprint density at radius 3 is 2.63 bits per heavy atom. The van der Waals surface area contributed by atoms with E-state index in [0.29, 0.717) is 5.56 Å². The van der Waals surface area contributed by atoms with Crippen molar-refractivity contribution in [3.8, 4) is 11.8 Å². The fraction of sp³-hybridized carbons (Fsp3) is 0.294. The third-order valence-electron chi connectivity index (χ3n) is 4.12. The fourth-order valence-corrected chi connectivity index (χ4v) is 4.29. The van der Waals surface area contributed by atoms with Gasteiger partial charge in [0.25, 0.3) is 5.91 Å². The minimum Gasteiger partial charge on any atom is -0.476 e. The van der Waals surface area contributed by atoms with Gasteiger partial charge in [-0.15, -0.1) is 0 Å². The molecule has 2 amide bonds. The third kappa shape index (κ3) is 3.34. The molecule has 0 unspecified atom stereocenters. The number of amides is 2. The van der Waals surface area contributed by atoms with Crippen molar-refractivity contribution >= 4 is 29.5 Å². The number of nitrogens with one attached hydrogen (secondary N) is 1. The molecule has 1 saturated heterocycles. The number of ether oxygens (including phenoxy) is 1. The van der Waals surface area contributed by atoms with Gasteiger partial charge in [-0.1, -0.05) is 11.8 Å². The Hall–Kier alpha value is -3.03. The van der Waals surface area contributed by atoms with Crippen molar-refractivity contribution in [2.45, 2.75) is 18.4 Å². The van der Waals surface area contributed by atoms with Crippen LogP contribution in [0.3, 0.4) is 0 Å². The van der Waals surface area contributed by atoms with Gasteiger partial charge in [0.15, 0.2) is 10.8 Å². The summed E-state index contributed by atoms with van der Waals surface area (Å²) in [6, 6.07) is 7.72.